The highest BCUT2D eigenvalue weighted by Crippen LogP contribution is 2.23. The number of nitrogens with zero attached hydrogens (tertiary/aromatic N) is 4. The summed E-state index contributed by atoms with van der Waals surface area (Å²) >= 11 is 7.51. The number of amides is 1. The summed E-state index contributed by atoms with van der Waals surface area (Å²) < 4.78 is 0. The first-order chi connectivity index (χ1) is 15.6. The maximum Gasteiger partial charge on any atom is 0.234 e. The summed E-state index contributed by atoms with van der Waals surface area (Å²) in [7, 11) is 0. The first kappa shape index (κ1) is 22.4. The van der Waals surface area contributed by atoms with Gasteiger partial charge in [0.1, 0.15) is 5.03 Å². The van der Waals surface area contributed by atoms with Gasteiger partial charge in [0.05, 0.1) is 5.75 Å². The molecule has 0 radical (unpaired) electrons. The molecule has 0 saturated carbocycles. The summed E-state index contributed by atoms with van der Waals surface area (Å²) in [5.74, 6) is 1.11. The predicted octanol–water partition coefficient (Wildman–Crippen LogP) is 4.75. The van der Waals surface area contributed by atoms with Gasteiger partial charge in [0.2, 0.25) is 5.91 Å². The molecule has 3 aromatic rings. The number of carbonyl (C=O) groups is 1. The molecule has 1 aliphatic heterocycles. The van der Waals surface area contributed by atoms with Crippen LogP contribution >= 0.6 is 23.4 Å². The quantitative estimate of drug-likeness (QED) is 0.506. The number of aromatic nitrogens is 2. The van der Waals surface area contributed by atoms with Crippen LogP contribution in [0.1, 0.15) is 12.5 Å². The van der Waals surface area contributed by atoms with Crippen LogP contribution < -0.4 is 15.1 Å². The minimum atomic E-state index is -0.0498. The molecule has 166 valence electrons. The number of rotatable bonds is 7. The largest absolute Gasteiger partial charge is 0.368 e. The van der Waals surface area contributed by atoms with Crippen LogP contribution in [0.3, 0.4) is 0 Å². The number of hydrogen-bond donors (Lipinski definition) is 1. The summed E-state index contributed by atoms with van der Waals surface area (Å²) in [4.78, 5) is 16.8. The molecule has 1 fully saturated rings. The number of benzene rings is 2. The number of anilines is 3. The molecule has 1 saturated heterocycles. The third-order valence-corrected chi connectivity index (χ3v) is 6.53. The van der Waals surface area contributed by atoms with Crippen LogP contribution in [0.25, 0.3) is 0 Å². The molecule has 2 heterocycles. The van der Waals surface area contributed by atoms with E-state index in [1.165, 1.54) is 17.3 Å². The Balaban J connectivity index is 1.26. The molecule has 0 aliphatic carbocycles. The molecule has 1 amide bonds. The second-order valence-electron chi connectivity index (χ2n) is 7.57. The lowest BCUT2D eigenvalue weighted by Crippen LogP contribution is -2.46. The Hall–Kier alpha value is -2.77. The third-order valence-electron chi connectivity index (χ3n) is 5.37. The molecular formula is C24H26ClN5OS. The number of aryl methyl sites for hydroxylation is 1. The van der Waals surface area contributed by atoms with Crippen molar-refractivity contribution < 1.29 is 4.79 Å². The number of piperazine rings is 1. The molecule has 0 spiro atoms. The van der Waals surface area contributed by atoms with Gasteiger partial charge in [-0.3, -0.25) is 4.79 Å². The van der Waals surface area contributed by atoms with E-state index in [9.17, 15) is 4.79 Å². The number of thioether (sulfide) groups is 1. The van der Waals surface area contributed by atoms with Crippen molar-refractivity contribution in [1.29, 1.82) is 0 Å². The Morgan fingerprint density at radius 3 is 2.50 bits per heavy atom. The zero-order valence-corrected chi connectivity index (χ0v) is 19.6. The zero-order chi connectivity index (χ0) is 22.3. The van der Waals surface area contributed by atoms with Crippen molar-refractivity contribution in [2.45, 2.75) is 18.4 Å². The van der Waals surface area contributed by atoms with Crippen molar-refractivity contribution in [3.63, 3.8) is 0 Å². The predicted molar refractivity (Wildman–Crippen MR) is 133 cm³/mol. The van der Waals surface area contributed by atoms with Crippen LogP contribution in [-0.2, 0) is 11.2 Å². The summed E-state index contributed by atoms with van der Waals surface area (Å²) in [5.41, 5.74) is 3.17. The van der Waals surface area contributed by atoms with Crippen LogP contribution in [-0.4, -0.2) is 48.0 Å². The first-order valence-corrected chi connectivity index (χ1v) is 12.1. The molecular weight excluding hydrogens is 442 g/mol. The fraction of sp³-hybridized carbons (Fsp3) is 0.292. The van der Waals surface area contributed by atoms with Gasteiger partial charge in [0, 0.05) is 42.6 Å². The van der Waals surface area contributed by atoms with Crippen LogP contribution in [0.15, 0.2) is 65.7 Å². The summed E-state index contributed by atoms with van der Waals surface area (Å²) in [5, 5.41) is 13.1. The molecule has 0 unspecified atom stereocenters. The van der Waals surface area contributed by atoms with E-state index in [-0.39, 0.29) is 5.91 Å². The molecule has 1 N–H and O–H groups in total. The van der Waals surface area contributed by atoms with E-state index in [2.05, 4.69) is 44.4 Å². The Morgan fingerprint density at radius 2 is 1.78 bits per heavy atom. The smallest absolute Gasteiger partial charge is 0.234 e. The monoisotopic (exact) mass is 467 g/mol. The number of halogens is 1. The van der Waals surface area contributed by atoms with Crippen molar-refractivity contribution >= 4 is 46.5 Å². The fourth-order valence-corrected chi connectivity index (χ4v) is 4.43. The molecule has 32 heavy (non-hydrogen) atoms. The van der Waals surface area contributed by atoms with E-state index in [0.717, 1.165) is 59.8 Å². The van der Waals surface area contributed by atoms with Gasteiger partial charge in [-0.05, 0) is 54.4 Å². The van der Waals surface area contributed by atoms with Crippen LogP contribution in [0.2, 0.25) is 5.02 Å². The van der Waals surface area contributed by atoms with E-state index in [0.29, 0.717) is 5.75 Å². The van der Waals surface area contributed by atoms with E-state index in [1.807, 2.05) is 48.5 Å². The van der Waals surface area contributed by atoms with Gasteiger partial charge < -0.3 is 15.1 Å². The van der Waals surface area contributed by atoms with E-state index >= 15 is 0 Å². The van der Waals surface area contributed by atoms with Gasteiger partial charge >= 0.3 is 0 Å². The topological polar surface area (TPSA) is 61.4 Å². The standard InChI is InChI=1S/C24H26ClN5OS/c1-2-18-5-3-7-20(15-18)26-23(31)17-32-24-10-9-22(27-28-24)30-13-11-29(12-14-30)21-8-4-6-19(25)16-21/h3-10,15-16H,2,11-14,17H2,1H3,(H,26,31). The highest BCUT2D eigenvalue weighted by atomic mass is 35.5. The second-order valence-corrected chi connectivity index (χ2v) is 9.01. The lowest BCUT2D eigenvalue weighted by molar-refractivity contribution is -0.113. The molecule has 2 aromatic carbocycles. The molecule has 4 rings (SSSR count). The van der Waals surface area contributed by atoms with Gasteiger partial charge in [0.25, 0.3) is 0 Å². The molecule has 8 heteroatoms. The maximum atomic E-state index is 12.3. The van der Waals surface area contributed by atoms with E-state index in [4.69, 9.17) is 11.6 Å². The van der Waals surface area contributed by atoms with Crippen LogP contribution in [0.5, 0.6) is 0 Å². The fourth-order valence-electron chi connectivity index (χ4n) is 3.63. The lowest BCUT2D eigenvalue weighted by atomic mass is 10.1. The van der Waals surface area contributed by atoms with Crippen molar-refractivity contribution in [2.75, 3.05) is 47.0 Å². The molecule has 1 aromatic heterocycles. The van der Waals surface area contributed by atoms with Crippen molar-refractivity contribution in [1.82, 2.24) is 10.2 Å². The summed E-state index contributed by atoms with van der Waals surface area (Å²) in [6.07, 6.45) is 0.941. The molecule has 0 atom stereocenters. The van der Waals surface area contributed by atoms with Gasteiger partial charge in [0.15, 0.2) is 5.82 Å². The van der Waals surface area contributed by atoms with Gasteiger partial charge in [-0.1, -0.05) is 48.5 Å². The maximum absolute atomic E-state index is 12.3. The lowest BCUT2D eigenvalue weighted by Gasteiger charge is -2.36. The average molecular weight is 468 g/mol. The normalized spacial score (nSPS) is 13.8. The number of carbonyl (C=O) groups excluding carboxylic acids is 1. The van der Waals surface area contributed by atoms with Gasteiger partial charge in [-0.25, -0.2) is 0 Å². The minimum absolute atomic E-state index is 0.0498. The summed E-state index contributed by atoms with van der Waals surface area (Å²) in [6, 6.07) is 19.8. The van der Waals surface area contributed by atoms with Gasteiger partial charge in [-0.2, -0.15) is 0 Å². The Kier molecular flexibility index (Phi) is 7.50. The SMILES string of the molecule is CCc1cccc(NC(=O)CSc2ccc(N3CCN(c4cccc(Cl)c4)CC3)nn2)c1. The Labute approximate surface area is 198 Å². The van der Waals surface area contributed by atoms with Crippen LogP contribution in [0.4, 0.5) is 17.2 Å². The highest BCUT2D eigenvalue weighted by molar-refractivity contribution is 7.99. The van der Waals surface area contributed by atoms with Crippen molar-refractivity contribution in [3.05, 3.63) is 71.2 Å². The minimum Gasteiger partial charge on any atom is -0.368 e. The van der Waals surface area contributed by atoms with E-state index < -0.39 is 0 Å². The molecule has 6 nitrogen and oxygen atoms in total. The highest BCUT2D eigenvalue weighted by Gasteiger charge is 2.19. The van der Waals surface area contributed by atoms with Gasteiger partial charge in [-0.15, -0.1) is 10.2 Å². The Morgan fingerprint density at radius 1 is 1.00 bits per heavy atom. The number of hydrogen-bond acceptors (Lipinski definition) is 6. The Bertz CT molecular complexity index is 1050. The third kappa shape index (κ3) is 5.93. The first-order valence-electron chi connectivity index (χ1n) is 10.7. The molecule has 0 bridgehead atoms. The van der Waals surface area contributed by atoms with Crippen molar-refractivity contribution in [3.8, 4) is 0 Å². The van der Waals surface area contributed by atoms with Crippen LogP contribution in [0, 0.1) is 0 Å². The molecule has 1 aliphatic rings. The van der Waals surface area contributed by atoms with Crippen molar-refractivity contribution in [2.24, 2.45) is 0 Å². The second kappa shape index (κ2) is 10.7. The zero-order valence-electron chi connectivity index (χ0n) is 18.0. The van der Waals surface area contributed by atoms with E-state index in [1.54, 1.807) is 0 Å². The number of nitrogens with one attached hydrogen (secondary N) is 1. The summed E-state index contributed by atoms with van der Waals surface area (Å²) in [6.45, 7) is 5.63. The average Bonchev–Trinajstić information content (AvgIpc) is 2.83.